The summed E-state index contributed by atoms with van der Waals surface area (Å²) in [6, 6.07) is 9.33. The van der Waals surface area contributed by atoms with Gasteiger partial charge < -0.3 is 24.1 Å². The van der Waals surface area contributed by atoms with Crippen molar-refractivity contribution in [1.29, 1.82) is 0 Å². The minimum absolute atomic E-state index is 0. The molecule has 0 bridgehead atoms. The normalized spacial score (nSPS) is 38.1. The summed E-state index contributed by atoms with van der Waals surface area (Å²) < 4.78 is 21.8. The Morgan fingerprint density at radius 3 is 2.55 bits per heavy atom. The predicted octanol–water partition coefficient (Wildman–Crippen LogP) is -0.0517. The zero-order valence-corrected chi connectivity index (χ0v) is 12.0. The van der Waals surface area contributed by atoms with E-state index in [1.165, 1.54) is 0 Å². The van der Waals surface area contributed by atoms with Crippen LogP contribution >= 0.6 is 0 Å². The van der Waals surface area contributed by atoms with Crippen LogP contribution in [0.15, 0.2) is 30.3 Å². The van der Waals surface area contributed by atoms with E-state index < -0.39 is 36.7 Å². The van der Waals surface area contributed by atoms with Crippen LogP contribution in [0, 0.1) is 6.29 Å². The van der Waals surface area contributed by atoms with Gasteiger partial charge in [0.1, 0.15) is 12.2 Å². The predicted molar refractivity (Wildman–Crippen MR) is 59.3 cm³/mol. The van der Waals surface area contributed by atoms with Gasteiger partial charge in [-0.05, 0) is 0 Å². The quantitative estimate of drug-likeness (QED) is 0.559. The molecule has 3 aliphatic rings. The van der Waals surface area contributed by atoms with E-state index in [1.807, 2.05) is 30.3 Å². The second-order valence-corrected chi connectivity index (χ2v) is 4.67. The van der Waals surface area contributed by atoms with E-state index in [0.29, 0.717) is 6.29 Å². The number of fused-ring (bicyclic) bond motifs is 3. The van der Waals surface area contributed by atoms with Crippen LogP contribution in [0.25, 0.3) is 0 Å². The first-order chi connectivity index (χ1) is 9.24. The van der Waals surface area contributed by atoms with Crippen molar-refractivity contribution >= 4 is 5.97 Å². The molecular formula is C13H11O6Tc-. The van der Waals surface area contributed by atoms with Gasteiger partial charge in [0.25, 0.3) is 0 Å². The maximum atomic E-state index is 11.3. The summed E-state index contributed by atoms with van der Waals surface area (Å²) in [5, 5.41) is 9.59. The summed E-state index contributed by atoms with van der Waals surface area (Å²) in [5.74, 6) is -0.676. The van der Waals surface area contributed by atoms with Gasteiger partial charge in [-0.2, -0.15) is 12.1 Å². The van der Waals surface area contributed by atoms with Crippen LogP contribution in [0.3, 0.4) is 0 Å². The first-order valence-electron chi connectivity index (χ1n) is 6.04. The summed E-state index contributed by atoms with van der Waals surface area (Å²) in [7, 11) is 0. The Kier molecular flexibility index (Phi) is 3.58. The van der Waals surface area contributed by atoms with Gasteiger partial charge in [0.15, 0.2) is 18.5 Å². The number of benzene rings is 1. The van der Waals surface area contributed by atoms with Crippen molar-refractivity contribution in [3.05, 3.63) is 42.2 Å². The monoisotopic (exact) mass is 360 g/mol. The molecule has 7 heteroatoms. The molecular weight excluding hydrogens is 350 g/mol. The zero-order valence-electron chi connectivity index (χ0n) is 10.1. The van der Waals surface area contributed by atoms with Gasteiger partial charge in [0, 0.05) is 20.1 Å². The molecule has 0 aliphatic carbocycles. The Hall–Kier alpha value is -0.951. The first-order valence-corrected chi connectivity index (χ1v) is 6.04. The van der Waals surface area contributed by atoms with Crippen LogP contribution in [0.4, 0.5) is 0 Å². The number of rotatable bonds is 1. The van der Waals surface area contributed by atoms with Crippen molar-refractivity contribution in [1.82, 2.24) is 0 Å². The molecule has 1 aromatic rings. The van der Waals surface area contributed by atoms with E-state index in [0.717, 1.165) is 5.56 Å². The van der Waals surface area contributed by atoms with Gasteiger partial charge in [-0.15, -0.1) is 17.7 Å². The number of carbonyl (C=O) groups excluding carboxylic acids is 1. The summed E-state index contributed by atoms with van der Waals surface area (Å²) in [4.78, 5) is 11.3. The molecule has 3 fully saturated rings. The average Bonchev–Trinajstić information content (AvgIpc) is 3.05. The maximum absolute atomic E-state index is 11.3. The molecule has 1 radical (unpaired) electrons. The largest absolute Gasteiger partial charge is 0.455 e. The molecule has 3 heterocycles. The number of hydrogen-bond acceptors (Lipinski definition) is 6. The molecule has 1 N–H and O–H groups in total. The molecule has 0 saturated carbocycles. The number of ether oxygens (including phenoxy) is 4. The smallest absolute Gasteiger partial charge is 0.338 e. The van der Waals surface area contributed by atoms with Crippen molar-refractivity contribution in [3.8, 4) is 0 Å². The fraction of sp³-hybridized carbons (Fsp3) is 0.385. The van der Waals surface area contributed by atoms with Crippen LogP contribution < -0.4 is 0 Å². The van der Waals surface area contributed by atoms with Gasteiger partial charge in [-0.25, -0.2) is 4.79 Å². The van der Waals surface area contributed by atoms with Crippen molar-refractivity contribution in [2.24, 2.45) is 0 Å². The van der Waals surface area contributed by atoms with Crippen LogP contribution in [-0.2, 0) is 43.8 Å². The van der Waals surface area contributed by atoms with E-state index in [4.69, 9.17) is 18.9 Å². The van der Waals surface area contributed by atoms with E-state index >= 15 is 0 Å². The number of carbonyl (C=O) groups is 1. The number of aliphatic hydroxyl groups excluding tert-OH is 1. The SMILES string of the molecule is O=C1OC2C3O[C-](c4ccccc4)OC3OC2C1O.[Tc]. The molecule has 5 unspecified atom stereocenters. The molecule has 4 rings (SSSR count). The summed E-state index contributed by atoms with van der Waals surface area (Å²) in [5.41, 5.74) is 0.793. The third kappa shape index (κ3) is 1.98. The average molecular weight is 361 g/mol. The second kappa shape index (κ2) is 5.11. The fourth-order valence-corrected chi connectivity index (χ4v) is 2.56. The van der Waals surface area contributed by atoms with Gasteiger partial charge in [-0.1, -0.05) is 6.07 Å². The van der Waals surface area contributed by atoms with Crippen molar-refractivity contribution in [2.45, 2.75) is 30.7 Å². The molecule has 107 valence electrons. The topological polar surface area (TPSA) is 74.2 Å². The van der Waals surface area contributed by atoms with Crippen molar-refractivity contribution in [3.63, 3.8) is 0 Å². The first kappa shape index (κ1) is 14.0. The molecule has 20 heavy (non-hydrogen) atoms. The number of esters is 1. The third-order valence-electron chi connectivity index (χ3n) is 3.49. The molecule has 5 atom stereocenters. The van der Waals surface area contributed by atoms with E-state index in [-0.39, 0.29) is 20.1 Å². The summed E-state index contributed by atoms with van der Waals surface area (Å²) in [6.45, 7) is 0. The number of hydrogen-bond donors (Lipinski definition) is 1. The van der Waals surface area contributed by atoms with Gasteiger partial charge >= 0.3 is 5.97 Å². The molecule has 0 spiro atoms. The summed E-state index contributed by atoms with van der Waals surface area (Å²) >= 11 is 0. The Morgan fingerprint density at radius 2 is 1.80 bits per heavy atom. The minimum Gasteiger partial charge on any atom is -0.455 e. The maximum Gasteiger partial charge on any atom is 0.338 e. The minimum atomic E-state index is -1.26. The van der Waals surface area contributed by atoms with Crippen LogP contribution in [-0.4, -0.2) is 41.8 Å². The zero-order chi connectivity index (χ0) is 13.0. The van der Waals surface area contributed by atoms with Crippen molar-refractivity contribution < 1.29 is 49.0 Å². The summed E-state index contributed by atoms with van der Waals surface area (Å²) in [6.07, 6.45) is -3.41. The molecule has 0 amide bonds. The Balaban J connectivity index is 0.00000121. The van der Waals surface area contributed by atoms with Crippen molar-refractivity contribution in [2.75, 3.05) is 0 Å². The van der Waals surface area contributed by atoms with Gasteiger partial charge in [0.05, 0.1) is 6.29 Å². The fourth-order valence-electron chi connectivity index (χ4n) is 2.56. The molecule has 0 aromatic heterocycles. The second-order valence-electron chi connectivity index (χ2n) is 4.67. The number of aliphatic hydroxyl groups is 1. The third-order valence-corrected chi connectivity index (χ3v) is 3.49. The Labute approximate surface area is 128 Å². The van der Waals surface area contributed by atoms with Crippen LogP contribution in [0.1, 0.15) is 5.56 Å². The molecule has 3 aliphatic heterocycles. The Bertz CT molecular complexity index is 509. The van der Waals surface area contributed by atoms with E-state index in [1.54, 1.807) is 0 Å². The Morgan fingerprint density at radius 1 is 1.05 bits per heavy atom. The van der Waals surface area contributed by atoms with Crippen LogP contribution in [0.2, 0.25) is 0 Å². The van der Waals surface area contributed by atoms with Crippen LogP contribution in [0.5, 0.6) is 0 Å². The van der Waals surface area contributed by atoms with E-state index in [2.05, 4.69) is 0 Å². The molecule has 6 nitrogen and oxygen atoms in total. The van der Waals surface area contributed by atoms with E-state index in [9.17, 15) is 9.90 Å². The standard InChI is InChI=1S/C13H11O6.Tc/c14-7-8-9(16-11(7)15)10-13(17-8)19-12(18-10)6-4-2-1-3-5-6;/h1-5,7-10,13-14H;/q-1;. The molecule has 1 aromatic carbocycles. The molecule has 3 saturated heterocycles. The van der Waals surface area contributed by atoms with Gasteiger partial charge in [0.2, 0.25) is 0 Å². The van der Waals surface area contributed by atoms with Gasteiger partial charge in [-0.3, -0.25) is 0 Å².